The predicted molar refractivity (Wildman–Crippen MR) is 243 cm³/mol. The van der Waals surface area contributed by atoms with Crippen molar-refractivity contribution >= 4 is 5.97 Å². The Kier molecular flexibility index (Phi) is 14.6. The highest BCUT2D eigenvalue weighted by Gasteiger charge is 2.69. The first-order valence-electron chi connectivity index (χ1n) is 26.0. The molecule has 5 heterocycles. The summed E-state index contributed by atoms with van der Waals surface area (Å²) in [6.45, 7) is 10.3. The maximum absolute atomic E-state index is 13.1. The van der Waals surface area contributed by atoms with Gasteiger partial charge in [-0.25, -0.2) is 4.79 Å². The number of halogens is 3. The summed E-state index contributed by atoms with van der Waals surface area (Å²) in [6, 6.07) is 3.30. The molecule has 5 saturated heterocycles. The van der Waals surface area contributed by atoms with Crippen LogP contribution in [0.1, 0.15) is 108 Å². The second-order valence-corrected chi connectivity index (χ2v) is 23.1. The van der Waals surface area contributed by atoms with Crippen LogP contribution in [0, 0.1) is 46.3 Å². The molecule has 0 bridgehead atoms. The third-order valence-corrected chi connectivity index (χ3v) is 19.0. The lowest BCUT2D eigenvalue weighted by molar-refractivity contribution is -0.380. The first-order chi connectivity index (χ1) is 34.1. The number of rotatable bonds is 10. The van der Waals surface area contributed by atoms with E-state index in [1.165, 1.54) is 12.5 Å². The normalized spacial score (nSPS) is 50.2. The third-order valence-electron chi connectivity index (χ3n) is 19.0. The van der Waals surface area contributed by atoms with Crippen molar-refractivity contribution in [2.45, 2.75) is 203 Å². The van der Waals surface area contributed by atoms with Crippen molar-refractivity contribution in [2.24, 2.45) is 46.3 Å². The molecule has 72 heavy (non-hydrogen) atoms. The van der Waals surface area contributed by atoms with Crippen molar-refractivity contribution in [3.63, 3.8) is 0 Å². The standard InChI is InChI=1S/C52H73F3O17/c1-23-12-17-51(65-21-23)24(2)36-33(72-51)19-32-30-11-10-28-18-29(13-15-49(28,4)31(30)14-16-50(32,36)5)67-48-44(71-46-41(61)39(59)37(57)25(3)66-46)42(62)43(34(20-56)68-48)70-47-40(60)38(58)35(69-47)22-64-45(63)26-6-8-27(9-7-26)52(53,54)55/h6-10,23-25,29-44,46-48,56-62H,11-22H2,1-5H3/t23-,24+,25+,29+,30?,31?,32?,33?,34-,35+,36?,37+,38+,39-,40-,41-,42+,43-,44-,46-,47-,48-,49+,50+,51-/m1/s1. The van der Waals surface area contributed by atoms with E-state index in [9.17, 15) is 53.7 Å². The van der Waals surface area contributed by atoms with Gasteiger partial charge in [0.15, 0.2) is 24.7 Å². The van der Waals surface area contributed by atoms with Crippen LogP contribution in [-0.4, -0.2) is 166 Å². The van der Waals surface area contributed by atoms with Crippen LogP contribution < -0.4 is 0 Å². The second kappa shape index (κ2) is 19.9. The Balaban J connectivity index is 0.821. The minimum Gasteiger partial charge on any atom is -0.459 e. The van der Waals surface area contributed by atoms with Gasteiger partial charge in [0.1, 0.15) is 67.6 Å². The highest BCUT2D eigenvalue weighted by Crippen LogP contribution is 2.71. The van der Waals surface area contributed by atoms with Gasteiger partial charge in [-0.1, -0.05) is 39.3 Å². The molecule has 0 radical (unpaired) electrons. The first-order valence-corrected chi connectivity index (χ1v) is 26.0. The summed E-state index contributed by atoms with van der Waals surface area (Å²) < 4.78 is 94.7. The Morgan fingerprint density at radius 3 is 2.15 bits per heavy atom. The number of carbonyl (C=O) groups excluding carboxylic acids is 1. The van der Waals surface area contributed by atoms with Crippen molar-refractivity contribution in [3.8, 4) is 0 Å². The number of hydrogen-bond acceptors (Lipinski definition) is 17. The average molecular weight is 1030 g/mol. The van der Waals surface area contributed by atoms with Crippen LogP contribution in [0.5, 0.6) is 0 Å². The summed E-state index contributed by atoms with van der Waals surface area (Å²) in [5.74, 6) is 1.33. The van der Waals surface area contributed by atoms with Gasteiger partial charge in [0.05, 0.1) is 42.7 Å². The quantitative estimate of drug-likeness (QED) is 0.131. The van der Waals surface area contributed by atoms with E-state index >= 15 is 0 Å². The molecule has 7 N–H and O–H groups in total. The topological polar surface area (TPSA) is 242 Å². The number of aliphatic hydroxyl groups is 7. The van der Waals surface area contributed by atoms with Gasteiger partial charge in [0, 0.05) is 12.3 Å². The van der Waals surface area contributed by atoms with Crippen LogP contribution in [0.3, 0.4) is 0 Å². The van der Waals surface area contributed by atoms with Crippen LogP contribution in [0.25, 0.3) is 0 Å². The number of allylic oxidation sites excluding steroid dienone is 1. The van der Waals surface area contributed by atoms with Gasteiger partial charge in [-0.15, -0.1) is 0 Å². The molecule has 5 unspecified atom stereocenters. The van der Waals surface area contributed by atoms with E-state index in [1.807, 2.05) is 0 Å². The van der Waals surface area contributed by atoms with Crippen LogP contribution >= 0.6 is 0 Å². The van der Waals surface area contributed by atoms with Crippen LogP contribution in [0.15, 0.2) is 35.9 Å². The van der Waals surface area contributed by atoms with E-state index in [2.05, 4.69) is 33.8 Å². The number of aliphatic hydroxyl groups excluding tert-OH is 7. The smallest absolute Gasteiger partial charge is 0.416 e. The number of hydrogen-bond donors (Lipinski definition) is 7. The zero-order valence-corrected chi connectivity index (χ0v) is 41.4. The Bertz CT molecular complexity index is 2120. The molecule has 1 spiro atoms. The minimum absolute atomic E-state index is 0.0776. The first kappa shape index (κ1) is 53.0. The molecule has 10 rings (SSSR count). The monoisotopic (exact) mass is 1030 g/mol. The number of carbonyl (C=O) groups is 1. The molecule has 9 aliphatic rings. The van der Waals surface area contributed by atoms with Crippen molar-refractivity contribution < 1.29 is 96.3 Å². The van der Waals surface area contributed by atoms with Gasteiger partial charge < -0.3 is 78.4 Å². The van der Waals surface area contributed by atoms with E-state index in [1.54, 1.807) is 0 Å². The summed E-state index contributed by atoms with van der Waals surface area (Å²) in [4.78, 5) is 12.7. The molecule has 5 aliphatic heterocycles. The Morgan fingerprint density at radius 1 is 0.764 bits per heavy atom. The molecule has 17 nitrogen and oxygen atoms in total. The number of ether oxygens (including phenoxy) is 9. The van der Waals surface area contributed by atoms with E-state index < -0.39 is 129 Å². The molecular formula is C52H73F3O17. The number of benzene rings is 1. The zero-order chi connectivity index (χ0) is 51.4. The maximum atomic E-state index is 13.1. The summed E-state index contributed by atoms with van der Waals surface area (Å²) >= 11 is 0. The van der Waals surface area contributed by atoms with Crippen molar-refractivity contribution in [1.82, 2.24) is 0 Å². The lowest BCUT2D eigenvalue weighted by atomic mass is 9.47. The molecule has 4 aliphatic carbocycles. The largest absolute Gasteiger partial charge is 0.459 e. The fraction of sp³-hybridized carbons (Fsp3) is 0.827. The summed E-state index contributed by atoms with van der Waals surface area (Å²) in [7, 11) is 0. The predicted octanol–water partition coefficient (Wildman–Crippen LogP) is 3.74. The van der Waals surface area contributed by atoms with Gasteiger partial charge in [0.2, 0.25) is 0 Å². The molecule has 404 valence electrons. The summed E-state index contributed by atoms with van der Waals surface area (Å²) in [5, 5.41) is 76.9. The molecule has 0 aromatic heterocycles. The lowest BCUT2D eigenvalue weighted by Crippen LogP contribution is -2.65. The minimum atomic E-state index is -4.62. The Hall–Kier alpha value is -2.38. The number of alkyl halides is 3. The van der Waals surface area contributed by atoms with Crippen LogP contribution in [0.2, 0.25) is 0 Å². The molecular weight excluding hydrogens is 954 g/mol. The lowest BCUT2D eigenvalue weighted by Gasteiger charge is -2.58. The maximum Gasteiger partial charge on any atom is 0.416 e. The number of fused-ring (bicyclic) bond motifs is 7. The van der Waals surface area contributed by atoms with Crippen molar-refractivity contribution in [3.05, 3.63) is 47.0 Å². The fourth-order valence-corrected chi connectivity index (χ4v) is 14.9. The average Bonchev–Trinajstić information content (AvgIpc) is 3.91. The summed E-state index contributed by atoms with van der Waals surface area (Å²) in [5.41, 5.74) is 0.200. The third kappa shape index (κ3) is 9.20. The summed E-state index contributed by atoms with van der Waals surface area (Å²) in [6.07, 6.45) is -16.0. The molecule has 20 heteroatoms. The molecule has 25 atom stereocenters. The SMILES string of the molecule is C[C@@H]1CC[C@@]2(OC1)OC1CC3C4CC=C5C[C@@H](O[C@@H]6O[C@H](CO)[C@@H](O[C@H]7O[C@@H](COC(=O)c8ccc(C(F)(F)F)cc8)[C@H](O)[C@H]7O)[C@H](O)[C@H]6O[C@H]6O[C@@H](C)[C@H](O)[C@@H](O)[C@H]6O)CC[C@]5(C)C4CC[C@]3(C)C1[C@@H]2C. The van der Waals surface area contributed by atoms with Crippen molar-refractivity contribution in [2.75, 3.05) is 19.8 Å². The molecule has 0 amide bonds. The fourth-order valence-electron chi connectivity index (χ4n) is 14.9. The molecule has 1 aromatic carbocycles. The van der Waals surface area contributed by atoms with Gasteiger partial charge >= 0.3 is 12.1 Å². The molecule has 1 aromatic rings. The van der Waals surface area contributed by atoms with E-state index in [-0.39, 0.29) is 22.5 Å². The van der Waals surface area contributed by atoms with Crippen LogP contribution in [-0.2, 0) is 48.8 Å². The zero-order valence-electron chi connectivity index (χ0n) is 41.4. The van der Waals surface area contributed by atoms with Gasteiger partial charge in [-0.3, -0.25) is 0 Å². The van der Waals surface area contributed by atoms with E-state index in [0.717, 1.165) is 63.7 Å². The highest BCUT2D eigenvalue weighted by molar-refractivity contribution is 5.89. The van der Waals surface area contributed by atoms with Gasteiger partial charge in [-0.2, -0.15) is 13.2 Å². The Morgan fingerprint density at radius 2 is 1.46 bits per heavy atom. The molecule has 3 saturated carbocycles. The van der Waals surface area contributed by atoms with E-state index in [0.29, 0.717) is 60.5 Å². The second-order valence-electron chi connectivity index (χ2n) is 23.1. The van der Waals surface area contributed by atoms with Gasteiger partial charge in [-0.05, 0) is 123 Å². The van der Waals surface area contributed by atoms with E-state index in [4.69, 9.17) is 42.6 Å². The van der Waals surface area contributed by atoms with Gasteiger partial charge in [0.25, 0.3) is 0 Å². The molecule has 8 fully saturated rings. The van der Waals surface area contributed by atoms with Crippen molar-refractivity contribution in [1.29, 1.82) is 0 Å². The number of esters is 1. The Labute approximate surface area is 417 Å². The highest BCUT2D eigenvalue weighted by atomic mass is 19.4. The van der Waals surface area contributed by atoms with Crippen LogP contribution in [0.4, 0.5) is 13.2 Å².